The van der Waals surface area contributed by atoms with Crippen molar-refractivity contribution in [3.8, 4) is 0 Å². The lowest BCUT2D eigenvalue weighted by molar-refractivity contribution is -0.899. The van der Waals surface area contributed by atoms with Crippen LogP contribution in [-0.2, 0) is 0 Å². The molecule has 0 saturated heterocycles. The molecule has 0 aliphatic heterocycles. The molecule has 278 valence electrons. The van der Waals surface area contributed by atoms with Gasteiger partial charge < -0.3 is 48.9 Å². The molecule has 5 heteroatoms. The maximum Gasteiger partial charge on any atom is 0.178 e. The maximum absolute atomic E-state index is 8.92. The summed E-state index contributed by atoms with van der Waals surface area (Å²) >= 11 is 0. The number of aliphatic hydroxyl groups excluding tert-OH is 1. The standard InChI is InChI=1S/C20H43NO.C20H43N.2BrH/c1-3-4-5-6-7-8-9-10-11-12-13-14-15-16-17-18-19-21(2)20-22;1-4-5-6-7-8-9-10-11-12-13-14-15-16-17-18-19-20-21(2)3;;/h22H,3-20H2,1-2H3;4-20H2,1-3H3;2*1H. The predicted molar refractivity (Wildman–Crippen MR) is 196 cm³/mol. The van der Waals surface area contributed by atoms with Crippen LogP contribution < -0.4 is 43.8 Å². The van der Waals surface area contributed by atoms with Gasteiger partial charge in [0, 0.05) is 0 Å². The van der Waals surface area contributed by atoms with Crippen LogP contribution in [0.1, 0.15) is 219 Å². The second kappa shape index (κ2) is 49.2. The van der Waals surface area contributed by atoms with Crippen LogP contribution in [0, 0.1) is 0 Å². The van der Waals surface area contributed by atoms with E-state index in [1.165, 1.54) is 217 Å². The third-order valence-corrected chi connectivity index (χ3v) is 9.26. The molecular weight excluding hydrogens is 684 g/mol. The third kappa shape index (κ3) is 54.6. The van der Waals surface area contributed by atoms with Crippen molar-refractivity contribution >= 4 is 0 Å². The van der Waals surface area contributed by atoms with E-state index in [4.69, 9.17) is 5.11 Å². The first-order valence-electron chi connectivity index (χ1n) is 20.3. The Kier molecular flexibility index (Phi) is 57.6. The zero-order chi connectivity index (χ0) is 31.9. The smallest absolute Gasteiger partial charge is 0.178 e. The van der Waals surface area contributed by atoms with Crippen LogP contribution >= 0.6 is 0 Å². The molecule has 0 saturated carbocycles. The van der Waals surface area contributed by atoms with Gasteiger partial charge in [-0.25, -0.2) is 0 Å². The van der Waals surface area contributed by atoms with E-state index >= 15 is 0 Å². The molecule has 0 aromatic carbocycles. The van der Waals surface area contributed by atoms with Crippen LogP contribution in [0.5, 0.6) is 0 Å². The van der Waals surface area contributed by atoms with E-state index in [-0.39, 0.29) is 40.7 Å². The summed E-state index contributed by atoms with van der Waals surface area (Å²) in [6, 6.07) is 0. The minimum atomic E-state index is 0. The second-order valence-corrected chi connectivity index (χ2v) is 14.4. The SMILES string of the molecule is CCCCCCCCCCCCCCCCCC[NH+](C)C.CCCCCCCCCCCCCCCCCC[NH+](C)CO.[Br-].[Br-]. The summed E-state index contributed by atoms with van der Waals surface area (Å²) in [7, 11) is 6.57. The first kappa shape index (κ1) is 52.6. The Morgan fingerprint density at radius 3 is 0.711 bits per heavy atom. The van der Waals surface area contributed by atoms with Crippen LogP contribution in [0.15, 0.2) is 0 Å². The van der Waals surface area contributed by atoms with Crippen molar-refractivity contribution in [2.24, 2.45) is 0 Å². The van der Waals surface area contributed by atoms with Gasteiger partial charge in [-0.05, 0) is 25.7 Å². The van der Waals surface area contributed by atoms with Gasteiger partial charge in [0.15, 0.2) is 6.73 Å². The summed E-state index contributed by atoms with van der Waals surface area (Å²) in [5.41, 5.74) is 0. The van der Waals surface area contributed by atoms with E-state index in [1.807, 2.05) is 0 Å². The zero-order valence-electron chi connectivity index (χ0n) is 32.0. The second-order valence-electron chi connectivity index (χ2n) is 14.4. The number of nitrogens with one attached hydrogen (secondary N) is 2. The van der Waals surface area contributed by atoms with E-state index in [0.717, 1.165) is 6.54 Å². The van der Waals surface area contributed by atoms with Crippen molar-refractivity contribution in [2.75, 3.05) is 41.0 Å². The van der Waals surface area contributed by atoms with E-state index in [1.54, 1.807) is 4.90 Å². The average Bonchev–Trinajstić information content (AvgIpc) is 3.00. The van der Waals surface area contributed by atoms with Gasteiger partial charge in [-0.15, -0.1) is 0 Å². The molecule has 1 atom stereocenters. The van der Waals surface area contributed by atoms with Gasteiger partial charge in [-0.2, -0.15) is 0 Å². The van der Waals surface area contributed by atoms with Crippen molar-refractivity contribution in [2.45, 2.75) is 219 Å². The van der Waals surface area contributed by atoms with E-state index < -0.39 is 0 Å². The Bertz CT molecular complexity index is 468. The summed E-state index contributed by atoms with van der Waals surface area (Å²) < 4.78 is 0. The number of hydrogen-bond donors (Lipinski definition) is 3. The number of quaternary nitrogens is 2. The summed E-state index contributed by atoms with van der Waals surface area (Å²) in [4.78, 5) is 2.84. The van der Waals surface area contributed by atoms with E-state index in [2.05, 4.69) is 35.0 Å². The molecule has 1 unspecified atom stereocenters. The lowest BCUT2D eigenvalue weighted by atomic mass is 10.0. The minimum Gasteiger partial charge on any atom is -1.00 e. The Labute approximate surface area is 307 Å². The monoisotopic (exact) mass is 771 g/mol. The fraction of sp³-hybridized carbons (Fsp3) is 1.00. The van der Waals surface area contributed by atoms with Crippen molar-refractivity contribution in [1.29, 1.82) is 0 Å². The minimum absolute atomic E-state index is 0. The quantitative estimate of drug-likeness (QED) is 0.0658. The normalized spacial score (nSPS) is 11.5. The van der Waals surface area contributed by atoms with Crippen molar-refractivity contribution < 1.29 is 48.9 Å². The van der Waals surface area contributed by atoms with E-state index in [9.17, 15) is 0 Å². The highest BCUT2D eigenvalue weighted by atomic mass is 79.9. The van der Waals surface area contributed by atoms with Crippen LogP contribution in [0.25, 0.3) is 0 Å². The Morgan fingerprint density at radius 2 is 0.511 bits per heavy atom. The summed E-state index contributed by atoms with van der Waals surface area (Å²) in [6.07, 6.45) is 46.2. The van der Waals surface area contributed by atoms with Crippen LogP contribution in [0.4, 0.5) is 0 Å². The first-order chi connectivity index (χ1) is 21.1. The fourth-order valence-electron chi connectivity index (χ4n) is 6.08. The lowest BCUT2D eigenvalue weighted by Gasteiger charge is -2.09. The molecule has 0 aliphatic carbocycles. The molecule has 45 heavy (non-hydrogen) atoms. The fourth-order valence-corrected chi connectivity index (χ4v) is 6.08. The molecule has 0 heterocycles. The molecule has 0 rings (SSSR count). The Balaban J connectivity index is -0.000000358. The predicted octanol–water partition coefficient (Wildman–Crippen LogP) is 4.11. The number of unbranched alkanes of at least 4 members (excludes halogenated alkanes) is 30. The molecular formula is C40H88Br2N2O. The molecule has 3 N–H and O–H groups in total. The van der Waals surface area contributed by atoms with Crippen molar-refractivity contribution in [1.82, 2.24) is 0 Å². The van der Waals surface area contributed by atoms with Gasteiger partial charge in [0.25, 0.3) is 0 Å². The highest BCUT2D eigenvalue weighted by Gasteiger charge is 1.99. The third-order valence-electron chi connectivity index (χ3n) is 9.26. The van der Waals surface area contributed by atoms with E-state index in [0.29, 0.717) is 0 Å². The van der Waals surface area contributed by atoms with Gasteiger partial charge in [0.05, 0.1) is 34.2 Å². The summed E-state index contributed by atoms with van der Waals surface area (Å²) in [6.45, 7) is 7.33. The molecule has 0 fully saturated rings. The molecule has 0 bridgehead atoms. The van der Waals surface area contributed by atoms with Gasteiger partial charge in [0.2, 0.25) is 0 Å². The van der Waals surface area contributed by atoms with Gasteiger partial charge in [-0.1, -0.05) is 194 Å². The summed E-state index contributed by atoms with van der Waals surface area (Å²) in [5, 5.41) is 8.92. The highest BCUT2D eigenvalue weighted by molar-refractivity contribution is 4.51. The highest BCUT2D eigenvalue weighted by Crippen LogP contribution is 2.15. The van der Waals surface area contributed by atoms with Crippen molar-refractivity contribution in [3.05, 3.63) is 0 Å². The Hall–Kier alpha value is 0.840. The average molecular weight is 773 g/mol. The summed E-state index contributed by atoms with van der Waals surface area (Å²) in [5.74, 6) is 0. The molecule has 0 spiro atoms. The van der Waals surface area contributed by atoms with Crippen molar-refractivity contribution in [3.63, 3.8) is 0 Å². The molecule has 0 amide bonds. The number of halogens is 2. The Morgan fingerprint density at radius 1 is 0.311 bits per heavy atom. The van der Waals surface area contributed by atoms with Crippen LogP contribution in [-0.4, -0.2) is 46.1 Å². The molecule has 0 aromatic heterocycles. The van der Waals surface area contributed by atoms with Gasteiger partial charge in [0.1, 0.15) is 0 Å². The molecule has 3 nitrogen and oxygen atoms in total. The largest absolute Gasteiger partial charge is 1.00 e. The maximum atomic E-state index is 8.92. The number of rotatable bonds is 35. The van der Waals surface area contributed by atoms with Crippen LogP contribution in [0.3, 0.4) is 0 Å². The topological polar surface area (TPSA) is 29.1 Å². The number of hydrogen-bond acceptors (Lipinski definition) is 1. The lowest BCUT2D eigenvalue weighted by Crippen LogP contribution is -3.09. The van der Waals surface area contributed by atoms with Gasteiger partial charge in [-0.3, -0.25) is 0 Å². The zero-order valence-corrected chi connectivity index (χ0v) is 35.1. The molecule has 0 radical (unpaired) electrons. The van der Waals surface area contributed by atoms with Gasteiger partial charge >= 0.3 is 0 Å². The molecule has 0 aromatic rings. The first-order valence-corrected chi connectivity index (χ1v) is 20.3. The number of aliphatic hydroxyl groups is 1. The molecule has 0 aliphatic rings. The van der Waals surface area contributed by atoms with Crippen LogP contribution in [0.2, 0.25) is 0 Å².